The van der Waals surface area contributed by atoms with Crippen LogP contribution in [-0.2, 0) is 18.3 Å². The number of imidazole rings is 2. The first-order valence-electron chi connectivity index (χ1n) is 11.2. The predicted octanol–water partition coefficient (Wildman–Crippen LogP) is 2.39. The number of hydrogen-bond donors (Lipinski definition) is 2. The van der Waals surface area contributed by atoms with Gasteiger partial charge in [-0.05, 0) is 28.8 Å². The Labute approximate surface area is 216 Å². The van der Waals surface area contributed by atoms with Gasteiger partial charge in [-0.15, -0.1) is 11.3 Å². The Kier molecular flexibility index (Phi) is 5.43. The zero-order chi connectivity index (χ0) is 25.3. The Morgan fingerprint density at radius 3 is 2.84 bits per heavy atom. The van der Waals surface area contributed by atoms with Crippen molar-refractivity contribution in [2.45, 2.75) is 33.9 Å². The maximum atomic E-state index is 13.5. The SMILES string of the molecule is O=c1c2nc(Sc3cccs3)n([C@@H]3OC4COP(=O)([O-])O[C@H]4C3O)c2nc2[nH]c(-c3ccccc3)cn12. The molecule has 4 aromatic heterocycles. The summed E-state index contributed by atoms with van der Waals surface area (Å²) in [6, 6.07) is 13.3. The van der Waals surface area contributed by atoms with E-state index in [1.807, 2.05) is 47.8 Å². The minimum Gasteiger partial charge on any atom is -0.756 e. The van der Waals surface area contributed by atoms with Crippen molar-refractivity contribution in [2.75, 3.05) is 6.61 Å². The average Bonchev–Trinajstić information content (AvgIpc) is 3.67. The van der Waals surface area contributed by atoms with Gasteiger partial charge >= 0.3 is 0 Å². The Bertz CT molecular complexity index is 1740. The molecule has 5 aromatic rings. The number of H-pyrrole nitrogens is 1. The third-order valence-electron chi connectivity index (χ3n) is 6.20. The summed E-state index contributed by atoms with van der Waals surface area (Å²) in [5.41, 5.74) is 1.42. The highest BCUT2D eigenvalue weighted by Crippen LogP contribution is 2.50. The molecular weight excluding hydrogens is 541 g/mol. The van der Waals surface area contributed by atoms with Crippen LogP contribution in [0.1, 0.15) is 6.23 Å². The van der Waals surface area contributed by atoms with E-state index >= 15 is 0 Å². The summed E-state index contributed by atoms with van der Waals surface area (Å²) < 4.78 is 31.4. The van der Waals surface area contributed by atoms with Crippen molar-refractivity contribution in [3.8, 4) is 11.3 Å². The summed E-state index contributed by atoms with van der Waals surface area (Å²) in [6.45, 7) is -0.295. The number of aliphatic hydroxyl groups excluding tert-OH is 1. The van der Waals surface area contributed by atoms with Crippen molar-refractivity contribution >= 4 is 47.9 Å². The van der Waals surface area contributed by atoms with E-state index in [0.717, 1.165) is 9.77 Å². The number of benzene rings is 1. The molecule has 190 valence electrons. The second-order valence-corrected chi connectivity index (χ2v) is 12.1. The number of aromatic amines is 1. The minimum atomic E-state index is -4.56. The normalized spacial score (nSPS) is 27.7. The first-order valence-corrected chi connectivity index (χ1v) is 14.3. The molecule has 2 aliphatic rings. The van der Waals surface area contributed by atoms with Crippen LogP contribution in [0.15, 0.2) is 68.2 Å². The van der Waals surface area contributed by atoms with Gasteiger partial charge in [-0.2, -0.15) is 4.98 Å². The largest absolute Gasteiger partial charge is 0.756 e. The van der Waals surface area contributed by atoms with E-state index in [9.17, 15) is 19.4 Å². The van der Waals surface area contributed by atoms with Crippen LogP contribution in [0.25, 0.3) is 28.2 Å². The van der Waals surface area contributed by atoms with Gasteiger partial charge < -0.3 is 28.8 Å². The van der Waals surface area contributed by atoms with Crippen LogP contribution in [0.4, 0.5) is 0 Å². The first kappa shape index (κ1) is 23.3. The smallest absolute Gasteiger partial charge is 0.287 e. The number of hydrogen-bond acceptors (Lipinski definition) is 11. The van der Waals surface area contributed by atoms with Gasteiger partial charge in [-0.25, -0.2) is 9.38 Å². The molecule has 0 saturated carbocycles. The van der Waals surface area contributed by atoms with Gasteiger partial charge in [0.1, 0.15) is 18.3 Å². The van der Waals surface area contributed by atoms with E-state index in [-0.39, 0.29) is 23.5 Å². The van der Waals surface area contributed by atoms with Crippen LogP contribution in [0, 0.1) is 0 Å². The molecule has 2 N–H and O–H groups in total. The van der Waals surface area contributed by atoms with Gasteiger partial charge in [-0.1, -0.05) is 36.4 Å². The van der Waals surface area contributed by atoms with Crippen molar-refractivity contribution < 1.29 is 28.3 Å². The predicted molar refractivity (Wildman–Crippen MR) is 131 cm³/mol. The molecule has 2 fully saturated rings. The summed E-state index contributed by atoms with van der Waals surface area (Å²) in [4.78, 5) is 37.8. The lowest BCUT2D eigenvalue weighted by Crippen LogP contribution is -2.41. The molecule has 7 rings (SSSR count). The molecule has 0 bridgehead atoms. The maximum absolute atomic E-state index is 13.5. The highest BCUT2D eigenvalue weighted by atomic mass is 32.2. The molecule has 0 aliphatic carbocycles. The van der Waals surface area contributed by atoms with Crippen LogP contribution in [0.3, 0.4) is 0 Å². The minimum absolute atomic E-state index is 0.0764. The number of nitrogens with one attached hydrogen (secondary N) is 1. The number of fused-ring (bicyclic) bond motifs is 3. The second kappa shape index (κ2) is 8.61. The van der Waals surface area contributed by atoms with Crippen LogP contribution >= 0.6 is 30.9 Å². The summed E-state index contributed by atoms with van der Waals surface area (Å²) in [5, 5.41) is 13.4. The van der Waals surface area contributed by atoms with E-state index < -0.39 is 37.9 Å². The molecule has 0 spiro atoms. The monoisotopic (exact) mass is 558 g/mol. The number of aromatic nitrogens is 5. The van der Waals surface area contributed by atoms with E-state index in [0.29, 0.717) is 10.9 Å². The number of phosphoric ester groups is 1. The molecule has 1 aromatic carbocycles. The molecule has 0 amide bonds. The average molecular weight is 559 g/mol. The van der Waals surface area contributed by atoms with E-state index in [1.165, 1.54) is 32.1 Å². The molecule has 2 saturated heterocycles. The number of thiophene rings is 1. The van der Waals surface area contributed by atoms with Gasteiger partial charge in [0.15, 0.2) is 22.5 Å². The lowest BCUT2D eigenvalue weighted by molar-refractivity contribution is -0.245. The topological polar surface area (TPSA) is 156 Å². The van der Waals surface area contributed by atoms with E-state index in [1.54, 1.807) is 6.20 Å². The van der Waals surface area contributed by atoms with Crippen LogP contribution in [0.5, 0.6) is 0 Å². The van der Waals surface area contributed by atoms with Gasteiger partial charge in [0.05, 0.1) is 16.5 Å². The standard InChI is InChI=1S/C22H18N5O7PS2/c28-16-17-13(10-32-35(30,31)34-17)33-20(16)27-18-15(24-22(27)37-14-7-4-8-36-14)19(29)26-9-12(23-21(26)25-18)11-5-2-1-3-6-11/h1-9,13,16-17,20,28H,10H2,(H,23,25)(H,30,31)/p-1/t13?,16?,17-,20-/m1/s1. The molecule has 15 heteroatoms. The van der Waals surface area contributed by atoms with Gasteiger partial charge in [0.25, 0.3) is 13.4 Å². The summed E-state index contributed by atoms with van der Waals surface area (Å²) in [6.07, 6.45) is -2.86. The van der Waals surface area contributed by atoms with E-state index in [4.69, 9.17) is 13.8 Å². The van der Waals surface area contributed by atoms with Crippen LogP contribution in [-0.4, -0.2) is 53.9 Å². The number of ether oxygens (including phenoxy) is 1. The molecule has 0 radical (unpaired) electrons. The van der Waals surface area contributed by atoms with Crippen LogP contribution < -0.4 is 10.5 Å². The molecule has 2 aliphatic heterocycles. The van der Waals surface area contributed by atoms with Crippen LogP contribution in [0.2, 0.25) is 0 Å². The molecule has 37 heavy (non-hydrogen) atoms. The molecule has 5 atom stereocenters. The number of nitrogens with zero attached hydrogens (tertiary/aromatic N) is 4. The Hall–Kier alpha value is -2.81. The number of rotatable bonds is 4. The summed E-state index contributed by atoms with van der Waals surface area (Å²) in [5.74, 6) is 0.277. The Balaban J connectivity index is 1.40. The third kappa shape index (κ3) is 3.88. The fraction of sp³-hybridized carbons (Fsp3) is 0.227. The fourth-order valence-electron chi connectivity index (χ4n) is 4.53. The fourth-order valence-corrected chi connectivity index (χ4v) is 7.26. The highest BCUT2D eigenvalue weighted by Gasteiger charge is 2.51. The van der Waals surface area contributed by atoms with Gasteiger partial charge in [-0.3, -0.25) is 13.9 Å². The van der Waals surface area contributed by atoms with Gasteiger partial charge in [0, 0.05) is 6.20 Å². The molecule has 12 nitrogen and oxygen atoms in total. The van der Waals surface area contributed by atoms with Crippen molar-refractivity contribution in [1.82, 2.24) is 23.9 Å². The van der Waals surface area contributed by atoms with Crippen molar-refractivity contribution in [1.29, 1.82) is 0 Å². The molecule has 6 heterocycles. The van der Waals surface area contributed by atoms with Crippen molar-refractivity contribution in [2.24, 2.45) is 0 Å². The zero-order valence-electron chi connectivity index (χ0n) is 18.7. The second-order valence-electron chi connectivity index (χ2n) is 8.48. The number of phosphoric acid groups is 1. The number of aliphatic hydroxyl groups is 1. The Morgan fingerprint density at radius 1 is 1.22 bits per heavy atom. The molecular formula is C22H17N5O7PS2-. The maximum Gasteiger partial charge on any atom is 0.287 e. The quantitative estimate of drug-likeness (QED) is 0.314. The van der Waals surface area contributed by atoms with Gasteiger partial charge in [0.2, 0.25) is 5.78 Å². The third-order valence-corrected chi connectivity index (χ3v) is 9.18. The van der Waals surface area contributed by atoms with Crippen molar-refractivity contribution in [3.05, 3.63) is 64.4 Å². The summed E-state index contributed by atoms with van der Waals surface area (Å²) >= 11 is 2.76. The Morgan fingerprint density at radius 2 is 2.05 bits per heavy atom. The lowest BCUT2D eigenvalue weighted by Gasteiger charge is -2.34. The first-order chi connectivity index (χ1) is 17.9. The lowest BCUT2D eigenvalue weighted by atomic mass is 10.1. The zero-order valence-corrected chi connectivity index (χ0v) is 21.2. The van der Waals surface area contributed by atoms with E-state index in [2.05, 4.69) is 15.0 Å². The highest BCUT2D eigenvalue weighted by molar-refractivity contribution is 8.01. The van der Waals surface area contributed by atoms with Crippen molar-refractivity contribution in [3.63, 3.8) is 0 Å². The summed E-state index contributed by atoms with van der Waals surface area (Å²) in [7, 11) is -4.56. The molecule has 3 unspecified atom stereocenters.